The average molecular weight is 1190 g/mol. The van der Waals surface area contributed by atoms with Crippen LogP contribution in [0.5, 0.6) is 0 Å². The average Bonchev–Trinajstić information content (AvgIpc) is 0.921. The van der Waals surface area contributed by atoms with E-state index < -0.39 is 58.5 Å². The van der Waals surface area contributed by atoms with Gasteiger partial charge in [-0.25, -0.2) is 19.2 Å². The van der Waals surface area contributed by atoms with Gasteiger partial charge in [-0.15, -0.1) is 0 Å². The summed E-state index contributed by atoms with van der Waals surface area (Å²) in [4.78, 5) is 42.1. The minimum Gasteiger partial charge on any atom is -0.478 e. The van der Waals surface area contributed by atoms with E-state index in [0.29, 0.717) is 59.2 Å². The SMILES string of the molecule is CC1=C(/C=C/C=C/C(=O)O)[C@H]2[C@H](C)C[C@@](C)(O)C[C@@H]2C=C1.CC1=C[C@@H](O)[C@H]2C[C@@H](C)C[C@@H](C)[C@@H]2[C@@]1(O)/C=C/C=C/C(=O)O.CC1=C[C@H](O)[C@H]2C[C@@H](C)C[C@@H](C)[C@@H]2[C@@]1(O)/C=C/C=C/C(=O)O.C[C@H]1C[C@@H](C)[C@@H]2[C@@H](/C=C/C=C/C(=O)O)[C@](C)(O)C=C[C@H]2C1. The molecule has 0 saturated heterocycles. The Hall–Kier alpha value is -5.74. The second-order valence-corrected chi connectivity index (χ2v) is 27.5. The molecule has 0 aliphatic heterocycles. The first-order valence-corrected chi connectivity index (χ1v) is 31.2. The van der Waals surface area contributed by atoms with Crippen molar-refractivity contribution in [2.45, 2.75) is 169 Å². The summed E-state index contributed by atoms with van der Waals surface area (Å²) < 4.78 is 0. The summed E-state index contributed by atoms with van der Waals surface area (Å²) in [6.45, 7) is 24.9. The summed E-state index contributed by atoms with van der Waals surface area (Å²) >= 11 is 0. The third-order valence-electron chi connectivity index (χ3n) is 20.0. The third-order valence-corrected chi connectivity index (χ3v) is 20.0. The van der Waals surface area contributed by atoms with Gasteiger partial charge in [0, 0.05) is 42.1 Å². The predicted octanol–water partition coefficient (Wildman–Crippen LogP) is 12.0. The van der Waals surface area contributed by atoms with E-state index in [9.17, 15) is 49.8 Å². The van der Waals surface area contributed by atoms with Crippen LogP contribution in [0, 0.1) is 94.7 Å². The molecule has 0 spiro atoms. The lowest BCUT2D eigenvalue weighted by Gasteiger charge is -2.51. The number of aliphatic carboxylic acids is 4. The maximum atomic E-state index is 11.2. The van der Waals surface area contributed by atoms with E-state index in [0.717, 1.165) is 79.9 Å². The van der Waals surface area contributed by atoms with Gasteiger partial charge in [0.15, 0.2) is 0 Å². The fraction of sp³-hybridized carbons (Fsp3) is 0.583. The number of fused-ring (bicyclic) bond motifs is 4. The van der Waals surface area contributed by atoms with Crippen molar-refractivity contribution in [3.05, 3.63) is 156 Å². The fourth-order valence-corrected chi connectivity index (χ4v) is 16.8. The molecule has 14 heteroatoms. The molecule has 86 heavy (non-hydrogen) atoms. The Morgan fingerprint density at radius 1 is 0.512 bits per heavy atom. The van der Waals surface area contributed by atoms with E-state index in [1.54, 1.807) is 54.7 Å². The lowest BCUT2D eigenvalue weighted by Crippen LogP contribution is -2.53. The molecule has 8 rings (SSSR count). The molecule has 8 aliphatic carbocycles. The number of hydrogen-bond acceptors (Lipinski definition) is 10. The van der Waals surface area contributed by atoms with Crippen molar-refractivity contribution in [2.24, 2.45) is 94.7 Å². The van der Waals surface area contributed by atoms with Crippen molar-refractivity contribution in [1.82, 2.24) is 0 Å². The van der Waals surface area contributed by atoms with Crippen molar-refractivity contribution >= 4 is 23.9 Å². The molecule has 10 N–H and O–H groups in total. The zero-order chi connectivity index (χ0) is 64.2. The lowest BCUT2D eigenvalue weighted by molar-refractivity contribution is -0.132. The Balaban J connectivity index is 0.000000209. The first-order chi connectivity index (χ1) is 40.1. The number of hydrogen-bond donors (Lipinski definition) is 10. The van der Waals surface area contributed by atoms with Gasteiger partial charge in [0.1, 0.15) is 11.2 Å². The Morgan fingerprint density at radius 3 is 1.41 bits per heavy atom. The Bertz CT molecular complexity index is 2700. The van der Waals surface area contributed by atoms with Gasteiger partial charge in [-0.2, -0.15) is 0 Å². The third kappa shape index (κ3) is 18.4. The molecule has 0 radical (unpaired) electrons. The molecule has 8 aliphatic rings. The highest BCUT2D eigenvalue weighted by molar-refractivity contribution is 5.81. The smallest absolute Gasteiger partial charge is 0.328 e. The van der Waals surface area contributed by atoms with E-state index in [1.807, 2.05) is 45.9 Å². The second kappa shape index (κ2) is 30.5. The molecule has 0 heterocycles. The molecule has 4 fully saturated rings. The maximum absolute atomic E-state index is 11.2. The Kier molecular flexibility index (Phi) is 25.1. The molecule has 14 nitrogen and oxygen atoms in total. The van der Waals surface area contributed by atoms with Crippen LogP contribution in [0.1, 0.15) is 134 Å². The molecule has 0 aromatic carbocycles. The van der Waals surface area contributed by atoms with Gasteiger partial charge in [-0.1, -0.05) is 146 Å². The van der Waals surface area contributed by atoms with Gasteiger partial charge in [0.2, 0.25) is 0 Å². The topological polar surface area (TPSA) is 271 Å². The van der Waals surface area contributed by atoms with Crippen LogP contribution in [0.15, 0.2) is 156 Å². The van der Waals surface area contributed by atoms with E-state index >= 15 is 0 Å². The maximum Gasteiger partial charge on any atom is 0.328 e. The van der Waals surface area contributed by atoms with Gasteiger partial charge in [0.05, 0.1) is 23.4 Å². The van der Waals surface area contributed by atoms with Crippen molar-refractivity contribution in [3.8, 4) is 0 Å². The van der Waals surface area contributed by atoms with Gasteiger partial charge >= 0.3 is 23.9 Å². The quantitative estimate of drug-likeness (QED) is 0.0495. The van der Waals surface area contributed by atoms with E-state index in [1.165, 1.54) is 42.2 Å². The van der Waals surface area contributed by atoms with Crippen LogP contribution >= 0.6 is 0 Å². The van der Waals surface area contributed by atoms with Crippen molar-refractivity contribution in [2.75, 3.05) is 0 Å². The normalized spacial score (nSPS) is 41.2. The van der Waals surface area contributed by atoms with E-state index in [-0.39, 0.29) is 29.6 Å². The van der Waals surface area contributed by atoms with E-state index in [4.69, 9.17) is 20.4 Å². The lowest BCUT2D eigenvalue weighted by atomic mass is 9.56. The van der Waals surface area contributed by atoms with Crippen LogP contribution in [0.4, 0.5) is 0 Å². The van der Waals surface area contributed by atoms with Crippen molar-refractivity contribution in [1.29, 1.82) is 0 Å². The fourth-order valence-electron chi connectivity index (χ4n) is 16.8. The largest absolute Gasteiger partial charge is 0.478 e. The van der Waals surface area contributed by atoms with Crippen LogP contribution in [-0.4, -0.2) is 110 Å². The van der Waals surface area contributed by atoms with Gasteiger partial charge in [-0.3, -0.25) is 0 Å². The highest BCUT2D eigenvalue weighted by Crippen LogP contribution is 2.54. The first-order valence-electron chi connectivity index (χ1n) is 31.2. The van der Waals surface area contributed by atoms with Crippen LogP contribution < -0.4 is 0 Å². The van der Waals surface area contributed by atoms with Crippen LogP contribution in [-0.2, 0) is 19.2 Å². The monoisotopic (exact) mass is 1190 g/mol. The zero-order valence-electron chi connectivity index (χ0n) is 52.9. The summed E-state index contributed by atoms with van der Waals surface area (Å²) in [5.74, 6) is 1.19. The van der Waals surface area contributed by atoms with Crippen LogP contribution in [0.25, 0.3) is 0 Å². The van der Waals surface area contributed by atoms with Gasteiger partial charge in [0.25, 0.3) is 0 Å². The Morgan fingerprint density at radius 2 is 0.942 bits per heavy atom. The van der Waals surface area contributed by atoms with Crippen molar-refractivity contribution in [3.63, 3.8) is 0 Å². The molecule has 0 aromatic heterocycles. The summed E-state index contributed by atoms with van der Waals surface area (Å²) in [6.07, 6.45) is 43.1. The first kappa shape index (κ1) is 71.0. The number of aliphatic hydroxyl groups excluding tert-OH is 2. The van der Waals surface area contributed by atoms with E-state index in [2.05, 4.69) is 73.6 Å². The molecule has 4 saturated carbocycles. The van der Waals surface area contributed by atoms with Gasteiger partial charge in [-0.05, 0) is 197 Å². The van der Waals surface area contributed by atoms with Crippen molar-refractivity contribution < 1.29 is 70.2 Å². The minimum atomic E-state index is -1.12. The summed E-state index contributed by atoms with van der Waals surface area (Å²) in [7, 11) is 0. The van der Waals surface area contributed by atoms with Gasteiger partial charge < -0.3 is 51.1 Å². The molecule has 22 atom stereocenters. The predicted molar refractivity (Wildman–Crippen MR) is 338 cm³/mol. The number of allylic oxidation sites excluding steroid dienone is 14. The number of carboxylic acids is 4. The molecular formula is C72H102O14. The zero-order valence-corrected chi connectivity index (χ0v) is 52.9. The second-order valence-electron chi connectivity index (χ2n) is 27.5. The van der Waals surface area contributed by atoms with Crippen LogP contribution in [0.2, 0.25) is 0 Å². The summed E-state index contributed by atoms with van der Waals surface area (Å²) in [5, 5.41) is 98.8. The molecular weight excluding hydrogens is 1090 g/mol. The Labute approximate surface area is 511 Å². The number of carbonyl (C=O) groups is 4. The van der Waals surface area contributed by atoms with Crippen LogP contribution in [0.3, 0.4) is 0 Å². The highest BCUT2D eigenvalue weighted by Gasteiger charge is 2.53. The molecule has 0 amide bonds. The number of carboxylic acid groups (broad SMARTS) is 4. The minimum absolute atomic E-state index is 0.0356. The molecule has 0 bridgehead atoms. The number of aliphatic hydroxyl groups is 6. The summed E-state index contributed by atoms with van der Waals surface area (Å²) in [6, 6.07) is 0. The standard InChI is InChI=1S/2C18H26O4.C18H26O3.C18H24O3/c2*1-11-8-12(2)17-14(9-11)15(19)10-13(3)18(17,22)7-5-4-6-16(20)21;1-12-10-13(2)17-14(11-12)8-9-18(3,21)15(17)6-4-5-7-16(19)20;1-12-8-9-14-11-18(3,21)10-13(2)17(14)15(12)6-4-5-7-16(19)20/h2*4-7,10-12,14-15,17,19,22H,8-9H2,1-3H3,(H,20,21);4-9,12-15,17,21H,10-11H2,1-3H3,(H,19,20);4-9,13-14,17,21H,10-11H2,1-3H3,(H,19,20)/b4*6-4+,7-5+/t11-,12+,14+,15+,17-,18+;11-,12+,14+,15-,17-,18+;12-,13+,14-,15+,17-,18+;13-,14+,17+,18-/m0001/s1. The molecule has 0 aromatic rings. The summed E-state index contributed by atoms with van der Waals surface area (Å²) in [5.41, 5.74) is 0.284. The molecule has 0 unspecified atom stereocenters. The molecule has 474 valence electrons. The highest BCUT2D eigenvalue weighted by atomic mass is 16.4. The number of rotatable bonds is 12.